The van der Waals surface area contributed by atoms with Crippen molar-refractivity contribution >= 4 is 5.65 Å². The van der Waals surface area contributed by atoms with Gasteiger partial charge < -0.3 is 14.2 Å². The minimum Gasteiger partial charge on any atom is -0.496 e. The molecule has 8 nitrogen and oxygen atoms in total. The van der Waals surface area contributed by atoms with Crippen LogP contribution in [0.4, 0.5) is 0 Å². The predicted molar refractivity (Wildman–Crippen MR) is 90.6 cm³/mol. The number of H-pyrrole nitrogens is 1. The second-order valence-corrected chi connectivity index (χ2v) is 5.67. The van der Waals surface area contributed by atoms with E-state index in [4.69, 9.17) is 9.26 Å². The van der Waals surface area contributed by atoms with Crippen LogP contribution in [-0.2, 0) is 0 Å². The van der Waals surface area contributed by atoms with Crippen molar-refractivity contribution in [2.45, 2.75) is 13.8 Å². The third-order valence-corrected chi connectivity index (χ3v) is 3.98. The summed E-state index contributed by atoms with van der Waals surface area (Å²) in [6.07, 6.45) is 1.53. The molecule has 0 bridgehead atoms. The highest BCUT2D eigenvalue weighted by atomic mass is 16.5. The number of nitrogens with one attached hydrogen (secondary N) is 1. The quantitative estimate of drug-likeness (QED) is 0.616. The van der Waals surface area contributed by atoms with Gasteiger partial charge in [-0.2, -0.15) is 14.6 Å². The molecule has 4 rings (SSSR count). The number of fused-ring (bicyclic) bond motifs is 1. The van der Waals surface area contributed by atoms with Crippen LogP contribution < -0.4 is 10.3 Å². The summed E-state index contributed by atoms with van der Waals surface area (Å²) >= 11 is 0. The average Bonchev–Trinajstić information content (AvgIpc) is 3.21. The number of aryl methyl sites for hydroxylation is 2. The van der Waals surface area contributed by atoms with Crippen LogP contribution in [0.3, 0.4) is 0 Å². The van der Waals surface area contributed by atoms with Gasteiger partial charge in [-0.3, -0.25) is 4.79 Å². The van der Waals surface area contributed by atoms with E-state index in [-0.39, 0.29) is 5.56 Å². The van der Waals surface area contributed by atoms with Gasteiger partial charge in [0.1, 0.15) is 11.3 Å². The highest BCUT2D eigenvalue weighted by Crippen LogP contribution is 2.27. The van der Waals surface area contributed by atoms with Gasteiger partial charge >= 0.3 is 0 Å². The van der Waals surface area contributed by atoms with Crippen molar-refractivity contribution in [3.63, 3.8) is 0 Å². The van der Waals surface area contributed by atoms with Crippen LogP contribution in [0, 0.1) is 13.8 Å². The van der Waals surface area contributed by atoms with E-state index in [1.165, 1.54) is 16.8 Å². The summed E-state index contributed by atoms with van der Waals surface area (Å²) in [5, 5.41) is 7.89. The number of ether oxygens (including phenoxy) is 1. The average molecular weight is 337 g/mol. The fourth-order valence-corrected chi connectivity index (χ4v) is 2.69. The van der Waals surface area contributed by atoms with E-state index in [1.54, 1.807) is 14.0 Å². The molecule has 1 N–H and O–H groups in total. The maximum atomic E-state index is 12.4. The van der Waals surface area contributed by atoms with E-state index in [9.17, 15) is 4.79 Å². The Labute approximate surface area is 142 Å². The lowest BCUT2D eigenvalue weighted by Crippen LogP contribution is -2.14. The number of hydrogen-bond donors (Lipinski definition) is 1. The van der Waals surface area contributed by atoms with Crippen LogP contribution in [0.15, 0.2) is 39.8 Å². The van der Waals surface area contributed by atoms with Gasteiger partial charge in [0.05, 0.1) is 19.0 Å². The summed E-state index contributed by atoms with van der Waals surface area (Å²) < 4.78 is 11.8. The molecule has 3 aromatic heterocycles. The fraction of sp³-hybridized carbons (Fsp3) is 0.176. The van der Waals surface area contributed by atoms with Gasteiger partial charge in [0.25, 0.3) is 11.4 Å². The molecule has 0 aliphatic rings. The lowest BCUT2D eigenvalue weighted by Gasteiger charge is -2.08. The Hall–Kier alpha value is -3.42. The smallest absolute Gasteiger partial charge is 0.274 e. The second kappa shape index (κ2) is 5.59. The molecule has 0 radical (unpaired) electrons. The first-order valence-corrected chi connectivity index (χ1v) is 7.63. The topological polar surface area (TPSA) is 98.3 Å². The molecule has 25 heavy (non-hydrogen) atoms. The minimum atomic E-state index is -0.259. The molecule has 0 fully saturated rings. The van der Waals surface area contributed by atoms with Crippen LogP contribution >= 0.6 is 0 Å². The summed E-state index contributed by atoms with van der Waals surface area (Å²) in [5.41, 5.74) is 3.29. The minimum absolute atomic E-state index is 0.259. The van der Waals surface area contributed by atoms with E-state index >= 15 is 0 Å². The van der Waals surface area contributed by atoms with Crippen molar-refractivity contribution < 1.29 is 9.26 Å². The number of hydrogen-bond acceptors (Lipinski definition) is 6. The molecule has 0 spiro atoms. The SMILES string of the molecule is COc1cc(-c2cc(=O)n3ncc(-c4nc(C)no4)c3[nH]2)ccc1C. The number of methoxy groups -OCH3 is 1. The Morgan fingerprint density at radius 2 is 2.08 bits per heavy atom. The maximum absolute atomic E-state index is 12.4. The zero-order valence-electron chi connectivity index (χ0n) is 13.9. The van der Waals surface area contributed by atoms with E-state index in [0.29, 0.717) is 28.6 Å². The third kappa shape index (κ3) is 2.47. The molecule has 126 valence electrons. The summed E-state index contributed by atoms with van der Waals surface area (Å²) in [4.78, 5) is 19.9. The fourth-order valence-electron chi connectivity index (χ4n) is 2.69. The van der Waals surface area contributed by atoms with Crippen LogP contribution in [-0.4, -0.2) is 31.8 Å². The van der Waals surface area contributed by atoms with Crippen LogP contribution in [0.25, 0.3) is 28.4 Å². The Morgan fingerprint density at radius 1 is 1.24 bits per heavy atom. The van der Waals surface area contributed by atoms with E-state index in [1.807, 2.05) is 25.1 Å². The van der Waals surface area contributed by atoms with Gasteiger partial charge in [0.15, 0.2) is 11.5 Å². The molecule has 0 amide bonds. The summed E-state index contributed by atoms with van der Waals surface area (Å²) in [7, 11) is 1.62. The van der Waals surface area contributed by atoms with Crippen LogP contribution in [0.2, 0.25) is 0 Å². The van der Waals surface area contributed by atoms with Crippen molar-refractivity contribution in [2.75, 3.05) is 7.11 Å². The molecule has 1 aromatic carbocycles. The zero-order valence-corrected chi connectivity index (χ0v) is 13.9. The van der Waals surface area contributed by atoms with Crippen molar-refractivity contribution in [2.24, 2.45) is 0 Å². The first-order valence-electron chi connectivity index (χ1n) is 7.63. The Morgan fingerprint density at radius 3 is 2.80 bits per heavy atom. The lowest BCUT2D eigenvalue weighted by molar-refractivity contribution is 0.412. The Kier molecular flexibility index (Phi) is 3.38. The number of rotatable bonds is 3. The summed E-state index contributed by atoms with van der Waals surface area (Å²) in [6.45, 7) is 3.69. The molecular formula is C17H15N5O3. The number of aromatic nitrogens is 5. The maximum Gasteiger partial charge on any atom is 0.274 e. The molecule has 4 aromatic rings. The van der Waals surface area contributed by atoms with Gasteiger partial charge in [-0.05, 0) is 25.5 Å². The monoisotopic (exact) mass is 337 g/mol. The Bertz CT molecular complexity index is 1140. The highest BCUT2D eigenvalue weighted by Gasteiger charge is 2.16. The van der Waals surface area contributed by atoms with Crippen molar-refractivity contribution in [1.82, 2.24) is 24.7 Å². The lowest BCUT2D eigenvalue weighted by atomic mass is 10.1. The zero-order chi connectivity index (χ0) is 17.6. The molecule has 0 aliphatic carbocycles. The first kappa shape index (κ1) is 15.1. The largest absolute Gasteiger partial charge is 0.496 e. The number of benzene rings is 1. The molecular weight excluding hydrogens is 322 g/mol. The van der Waals surface area contributed by atoms with Gasteiger partial charge in [0.2, 0.25) is 0 Å². The predicted octanol–water partition coefficient (Wildman–Crippen LogP) is 2.37. The van der Waals surface area contributed by atoms with E-state index in [2.05, 4.69) is 20.2 Å². The normalized spacial score (nSPS) is 11.2. The first-order chi connectivity index (χ1) is 12.1. The molecule has 8 heteroatoms. The van der Waals surface area contributed by atoms with Gasteiger partial charge in [0, 0.05) is 11.6 Å². The third-order valence-electron chi connectivity index (χ3n) is 3.98. The van der Waals surface area contributed by atoms with E-state index in [0.717, 1.165) is 16.9 Å². The Balaban J connectivity index is 1.93. The van der Waals surface area contributed by atoms with Crippen molar-refractivity contribution in [1.29, 1.82) is 0 Å². The van der Waals surface area contributed by atoms with Crippen molar-refractivity contribution in [3.8, 4) is 28.5 Å². The molecule has 0 saturated heterocycles. The molecule has 0 atom stereocenters. The van der Waals surface area contributed by atoms with Crippen LogP contribution in [0.1, 0.15) is 11.4 Å². The molecule has 0 aliphatic heterocycles. The van der Waals surface area contributed by atoms with Gasteiger partial charge in [-0.1, -0.05) is 17.3 Å². The molecule has 3 heterocycles. The van der Waals surface area contributed by atoms with Crippen LogP contribution in [0.5, 0.6) is 5.75 Å². The van der Waals surface area contributed by atoms with Gasteiger partial charge in [-0.25, -0.2) is 0 Å². The second-order valence-electron chi connectivity index (χ2n) is 5.67. The highest BCUT2D eigenvalue weighted by molar-refractivity contribution is 5.74. The van der Waals surface area contributed by atoms with Crippen molar-refractivity contribution in [3.05, 3.63) is 52.2 Å². The molecule has 0 saturated carbocycles. The summed E-state index contributed by atoms with van der Waals surface area (Å²) in [6, 6.07) is 7.23. The summed E-state index contributed by atoms with van der Waals surface area (Å²) in [5.74, 6) is 1.57. The number of nitrogens with zero attached hydrogens (tertiary/aromatic N) is 4. The molecule has 0 unspecified atom stereocenters. The van der Waals surface area contributed by atoms with E-state index < -0.39 is 0 Å². The van der Waals surface area contributed by atoms with Gasteiger partial charge in [-0.15, -0.1) is 0 Å². The number of aromatic amines is 1. The standard InChI is InChI=1S/C17H15N5O3/c1-9-4-5-11(6-14(9)24-3)13-7-15(23)22-16(20-13)12(8-18-22)17-19-10(2)21-25-17/h4-8,20H,1-3H3.